The van der Waals surface area contributed by atoms with E-state index in [0.29, 0.717) is 27.9 Å². The minimum Gasteiger partial charge on any atom is -0.497 e. The smallest absolute Gasteiger partial charge is 0.264 e. The summed E-state index contributed by atoms with van der Waals surface area (Å²) in [4.78, 5) is 28.8. The summed E-state index contributed by atoms with van der Waals surface area (Å²) in [5.41, 5.74) is 0.622. The summed E-state index contributed by atoms with van der Waals surface area (Å²) in [6, 6.07) is 16.0. The fraction of sp³-hybridized carbons (Fsp3) is 0.333. The van der Waals surface area contributed by atoms with Gasteiger partial charge in [0.15, 0.2) is 0 Å². The van der Waals surface area contributed by atoms with E-state index < -0.39 is 28.5 Å². The van der Waals surface area contributed by atoms with Gasteiger partial charge < -0.3 is 15.0 Å². The Kier molecular flexibility index (Phi) is 11.9. The quantitative estimate of drug-likeness (QED) is 0.229. The topological polar surface area (TPSA) is 96.0 Å². The summed E-state index contributed by atoms with van der Waals surface area (Å²) in [6.07, 6.45) is 0.264. The van der Waals surface area contributed by atoms with Crippen molar-refractivity contribution >= 4 is 62.3 Å². The van der Waals surface area contributed by atoms with Crippen LogP contribution < -0.4 is 14.4 Å². The second-order valence-corrected chi connectivity index (χ2v) is 13.1. The van der Waals surface area contributed by atoms with E-state index in [1.807, 2.05) is 13.8 Å². The average molecular weight is 655 g/mol. The molecule has 0 bridgehead atoms. The Morgan fingerprint density at radius 2 is 1.57 bits per heavy atom. The number of hydrogen-bond acceptors (Lipinski definition) is 5. The van der Waals surface area contributed by atoms with Gasteiger partial charge in [-0.15, -0.1) is 0 Å². The summed E-state index contributed by atoms with van der Waals surface area (Å²) in [7, 11) is -2.79. The van der Waals surface area contributed by atoms with Gasteiger partial charge in [-0.3, -0.25) is 13.9 Å². The van der Waals surface area contributed by atoms with Crippen LogP contribution in [0.15, 0.2) is 71.6 Å². The van der Waals surface area contributed by atoms with Crippen LogP contribution >= 0.6 is 34.8 Å². The number of ether oxygens (including phenoxy) is 1. The molecule has 0 fully saturated rings. The Labute approximate surface area is 262 Å². The molecule has 1 N–H and O–H groups in total. The lowest BCUT2D eigenvalue weighted by atomic mass is 10.1. The predicted molar refractivity (Wildman–Crippen MR) is 168 cm³/mol. The molecule has 8 nitrogen and oxygen atoms in total. The molecule has 0 aliphatic carbocycles. The summed E-state index contributed by atoms with van der Waals surface area (Å²) in [6.45, 7) is 5.37. The standard InChI is InChI=1S/C30H34Cl3N3O5S/c1-5-28(30(38)34-17-20(2)3)35(18-25-26(32)10-7-11-27(25)33)29(37)19-36(22-9-6-8-21(31)16-22)42(39,40)24-14-12-23(41-4)13-15-24/h6-16,20,28H,5,17-19H2,1-4H3,(H,34,38). The van der Waals surface area contributed by atoms with E-state index in [1.54, 1.807) is 43.3 Å². The van der Waals surface area contributed by atoms with Crippen LogP contribution in [0.2, 0.25) is 15.1 Å². The van der Waals surface area contributed by atoms with Crippen LogP contribution in [0.25, 0.3) is 0 Å². The summed E-state index contributed by atoms with van der Waals surface area (Å²) < 4.78 is 34.1. The largest absolute Gasteiger partial charge is 0.497 e. The second-order valence-electron chi connectivity index (χ2n) is 9.95. The van der Waals surface area contributed by atoms with E-state index in [1.165, 1.54) is 42.3 Å². The van der Waals surface area contributed by atoms with Gasteiger partial charge in [-0.1, -0.05) is 67.7 Å². The molecule has 0 aliphatic rings. The highest BCUT2D eigenvalue weighted by Gasteiger charge is 2.34. The van der Waals surface area contributed by atoms with Crippen molar-refractivity contribution in [3.05, 3.63) is 87.4 Å². The Bertz CT molecular complexity index is 1480. The number of methoxy groups -OCH3 is 1. The third kappa shape index (κ3) is 8.31. The number of rotatable bonds is 13. The fourth-order valence-corrected chi connectivity index (χ4v) is 6.34. The first-order valence-corrected chi connectivity index (χ1v) is 15.9. The van der Waals surface area contributed by atoms with Crippen molar-refractivity contribution < 1.29 is 22.7 Å². The predicted octanol–water partition coefficient (Wildman–Crippen LogP) is 6.43. The number of amides is 2. The van der Waals surface area contributed by atoms with Crippen LogP contribution in [-0.4, -0.2) is 51.4 Å². The lowest BCUT2D eigenvalue weighted by Crippen LogP contribution is -2.52. The number of nitrogens with one attached hydrogen (secondary N) is 1. The number of benzene rings is 3. The first kappa shape index (κ1) is 33.5. The van der Waals surface area contributed by atoms with Crippen molar-refractivity contribution in [1.29, 1.82) is 0 Å². The van der Waals surface area contributed by atoms with Crippen LogP contribution in [0.1, 0.15) is 32.8 Å². The molecule has 0 saturated heterocycles. The third-order valence-electron chi connectivity index (χ3n) is 6.48. The maximum atomic E-state index is 14.2. The second kappa shape index (κ2) is 15.0. The third-order valence-corrected chi connectivity index (χ3v) is 9.21. The summed E-state index contributed by atoms with van der Waals surface area (Å²) >= 11 is 19.1. The Morgan fingerprint density at radius 1 is 0.952 bits per heavy atom. The molecule has 0 saturated carbocycles. The van der Waals surface area contributed by atoms with Gasteiger partial charge in [0.2, 0.25) is 11.8 Å². The number of carbonyl (C=O) groups excluding carboxylic acids is 2. The van der Waals surface area contributed by atoms with Crippen molar-refractivity contribution in [3.8, 4) is 5.75 Å². The van der Waals surface area contributed by atoms with Crippen molar-refractivity contribution in [3.63, 3.8) is 0 Å². The highest BCUT2D eigenvalue weighted by Crippen LogP contribution is 2.30. The van der Waals surface area contributed by atoms with Crippen LogP contribution in [0, 0.1) is 5.92 Å². The summed E-state index contributed by atoms with van der Waals surface area (Å²) in [5.74, 6) is -0.341. The Morgan fingerprint density at radius 3 is 2.12 bits per heavy atom. The van der Waals surface area contributed by atoms with Crippen molar-refractivity contribution in [2.75, 3.05) is 24.5 Å². The molecule has 3 aromatic rings. The highest BCUT2D eigenvalue weighted by atomic mass is 35.5. The van der Waals surface area contributed by atoms with Gasteiger partial charge in [-0.2, -0.15) is 0 Å². The Hall–Kier alpha value is -2.98. The maximum Gasteiger partial charge on any atom is 0.264 e. The zero-order valence-electron chi connectivity index (χ0n) is 23.8. The zero-order chi connectivity index (χ0) is 31.0. The van der Waals surface area contributed by atoms with E-state index in [4.69, 9.17) is 39.5 Å². The molecule has 0 radical (unpaired) electrons. The fourth-order valence-electron chi connectivity index (χ4n) is 4.23. The number of anilines is 1. The van der Waals surface area contributed by atoms with Gasteiger partial charge in [-0.25, -0.2) is 8.42 Å². The van der Waals surface area contributed by atoms with E-state index in [9.17, 15) is 18.0 Å². The van der Waals surface area contributed by atoms with E-state index in [-0.39, 0.29) is 40.4 Å². The van der Waals surface area contributed by atoms with Crippen molar-refractivity contribution in [2.45, 2.75) is 44.7 Å². The normalized spacial score (nSPS) is 12.1. The molecular weight excluding hydrogens is 621 g/mol. The van der Waals surface area contributed by atoms with E-state index in [2.05, 4.69) is 5.32 Å². The van der Waals surface area contributed by atoms with Gasteiger partial charge in [0.05, 0.1) is 17.7 Å². The minimum atomic E-state index is -4.27. The number of sulfonamides is 1. The lowest BCUT2D eigenvalue weighted by molar-refractivity contribution is -0.140. The number of hydrogen-bond donors (Lipinski definition) is 1. The van der Waals surface area contributed by atoms with E-state index in [0.717, 1.165) is 4.31 Å². The average Bonchev–Trinajstić information content (AvgIpc) is 2.95. The van der Waals surface area contributed by atoms with Gasteiger partial charge in [0.1, 0.15) is 18.3 Å². The Balaban J connectivity index is 2.09. The molecule has 226 valence electrons. The monoisotopic (exact) mass is 653 g/mol. The number of halogens is 3. The lowest BCUT2D eigenvalue weighted by Gasteiger charge is -2.33. The highest BCUT2D eigenvalue weighted by molar-refractivity contribution is 7.92. The molecule has 2 amide bonds. The summed E-state index contributed by atoms with van der Waals surface area (Å²) in [5, 5.41) is 3.80. The van der Waals surface area contributed by atoms with Gasteiger partial charge in [0, 0.05) is 33.7 Å². The SMILES string of the molecule is CCC(C(=O)NCC(C)C)N(Cc1c(Cl)cccc1Cl)C(=O)CN(c1cccc(Cl)c1)S(=O)(=O)c1ccc(OC)cc1. The molecule has 3 rings (SSSR count). The molecule has 42 heavy (non-hydrogen) atoms. The molecule has 0 aliphatic heterocycles. The van der Waals surface area contributed by atoms with Gasteiger partial charge in [-0.05, 0) is 66.9 Å². The maximum absolute atomic E-state index is 14.2. The van der Waals surface area contributed by atoms with Crippen LogP contribution in [0.4, 0.5) is 5.69 Å². The van der Waals surface area contributed by atoms with Gasteiger partial charge in [0.25, 0.3) is 10.0 Å². The van der Waals surface area contributed by atoms with Crippen molar-refractivity contribution in [1.82, 2.24) is 10.2 Å². The molecule has 1 atom stereocenters. The van der Waals surface area contributed by atoms with E-state index >= 15 is 0 Å². The molecule has 12 heteroatoms. The molecule has 0 heterocycles. The number of nitrogens with zero attached hydrogens (tertiary/aromatic N) is 2. The molecule has 0 aromatic heterocycles. The first-order chi connectivity index (χ1) is 19.9. The zero-order valence-corrected chi connectivity index (χ0v) is 26.9. The molecule has 3 aromatic carbocycles. The van der Waals surface area contributed by atoms with Crippen LogP contribution in [0.5, 0.6) is 5.75 Å². The van der Waals surface area contributed by atoms with Gasteiger partial charge >= 0.3 is 0 Å². The first-order valence-electron chi connectivity index (χ1n) is 13.3. The van der Waals surface area contributed by atoms with Crippen LogP contribution in [0.3, 0.4) is 0 Å². The minimum absolute atomic E-state index is 0.0570. The molecule has 0 spiro atoms. The van der Waals surface area contributed by atoms with Crippen molar-refractivity contribution in [2.24, 2.45) is 5.92 Å². The molecule has 1 unspecified atom stereocenters. The van der Waals surface area contributed by atoms with Crippen LogP contribution in [-0.2, 0) is 26.2 Å². The number of carbonyl (C=O) groups is 2. The molecular formula is C30H34Cl3N3O5S.